The quantitative estimate of drug-likeness (QED) is 0.835. The number of carbonyl (C=O) groups excluding carboxylic acids is 1. The maximum absolute atomic E-state index is 12.8. The number of benzene rings is 1. The molecule has 0 radical (unpaired) electrons. The van der Waals surface area contributed by atoms with Gasteiger partial charge in [-0.1, -0.05) is 12.1 Å². The highest BCUT2D eigenvalue weighted by Crippen LogP contribution is 2.30. The van der Waals surface area contributed by atoms with E-state index in [1.54, 1.807) is 4.90 Å². The molecule has 130 valence electrons. The van der Waals surface area contributed by atoms with E-state index in [1.165, 1.54) is 12.0 Å². The first kappa shape index (κ1) is 17.0. The van der Waals surface area contributed by atoms with E-state index in [2.05, 4.69) is 13.0 Å². The monoisotopic (exact) mass is 329 g/mol. The molecule has 1 atom stereocenters. The zero-order valence-corrected chi connectivity index (χ0v) is 15.1. The summed E-state index contributed by atoms with van der Waals surface area (Å²) in [6.45, 7) is 7.61. The average Bonchev–Trinajstić information content (AvgIpc) is 2.94. The molecule has 2 heterocycles. The Bertz CT molecular complexity index is 741. The van der Waals surface area contributed by atoms with Gasteiger partial charge in [0.1, 0.15) is 5.58 Å². The molecule has 0 spiro atoms. The molecule has 4 heteroatoms. The number of fused-ring (bicyclic) bond motifs is 1. The fourth-order valence-electron chi connectivity index (χ4n) is 3.37. The molecule has 1 fully saturated rings. The first-order chi connectivity index (χ1) is 11.5. The van der Waals surface area contributed by atoms with Crippen molar-refractivity contribution in [3.63, 3.8) is 0 Å². The summed E-state index contributed by atoms with van der Waals surface area (Å²) in [7, 11) is 1.84. The largest absolute Gasteiger partial charge is 0.450 e. The molecule has 1 aromatic heterocycles. The first-order valence-electron chi connectivity index (χ1n) is 8.85. The zero-order valence-electron chi connectivity index (χ0n) is 15.1. The minimum Gasteiger partial charge on any atom is -0.450 e. The number of ether oxygens (including phenoxy) is 1. The lowest BCUT2D eigenvalue weighted by Gasteiger charge is -2.25. The lowest BCUT2D eigenvalue weighted by atomic mass is 10.0. The Kier molecular flexibility index (Phi) is 4.95. The Morgan fingerprint density at radius 3 is 2.71 bits per heavy atom. The number of aryl methyl sites for hydroxylation is 3. The Balaban J connectivity index is 1.75. The van der Waals surface area contributed by atoms with Crippen molar-refractivity contribution >= 4 is 16.9 Å². The molecule has 0 bridgehead atoms. The van der Waals surface area contributed by atoms with E-state index >= 15 is 0 Å². The van der Waals surface area contributed by atoms with Gasteiger partial charge in [-0.05, 0) is 57.6 Å². The Labute approximate surface area is 143 Å². The van der Waals surface area contributed by atoms with Crippen molar-refractivity contribution < 1.29 is 13.9 Å². The molecule has 1 aliphatic heterocycles. The molecule has 1 amide bonds. The lowest BCUT2D eigenvalue weighted by molar-refractivity contribution is 0.00691. The average molecular weight is 329 g/mol. The summed E-state index contributed by atoms with van der Waals surface area (Å²) in [5, 5.41) is 1.03. The number of hydrogen-bond donors (Lipinski definition) is 0. The Hall–Kier alpha value is -1.81. The van der Waals surface area contributed by atoms with Crippen LogP contribution in [-0.2, 0) is 4.74 Å². The van der Waals surface area contributed by atoms with Crippen LogP contribution in [-0.4, -0.2) is 37.1 Å². The van der Waals surface area contributed by atoms with Crippen LogP contribution in [0.5, 0.6) is 0 Å². The van der Waals surface area contributed by atoms with Gasteiger partial charge in [0.2, 0.25) is 0 Å². The van der Waals surface area contributed by atoms with Crippen LogP contribution in [0.1, 0.15) is 52.9 Å². The molecular weight excluding hydrogens is 302 g/mol. The second kappa shape index (κ2) is 6.98. The number of nitrogens with zero attached hydrogens (tertiary/aromatic N) is 1. The SMILES string of the molecule is Cc1ccc2c(C)c(C(=O)N(C)CC[C@@H]3CCCCO3)oc2c1C. The minimum absolute atomic E-state index is 0.0448. The highest BCUT2D eigenvalue weighted by atomic mass is 16.5. The molecule has 0 saturated carbocycles. The van der Waals surface area contributed by atoms with Crippen molar-refractivity contribution in [1.82, 2.24) is 4.90 Å². The molecule has 3 rings (SSSR count). The number of carbonyl (C=O) groups is 1. The molecule has 0 aliphatic carbocycles. The summed E-state index contributed by atoms with van der Waals surface area (Å²) in [6, 6.07) is 4.13. The van der Waals surface area contributed by atoms with E-state index in [-0.39, 0.29) is 12.0 Å². The van der Waals surface area contributed by atoms with Crippen molar-refractivity contribution in [3.05, 3.63) is 34.6 Å². The summed E-state index contributed by atoms with van der Waals surface area (Å²) < 4.78 is 11.7. The summed E-state index contributed by atoms with van der Waals surface area (Å²) in [6.07, 6.45) is 4.66. The van der Waals surface area contributed by atoms with Crippen LogP contribution in [0.25, 0.3) is 11.0 Å². The Morgan fingerprint density at radius 1 is 1.21 bits per heavy atom. The van der Waals surface area contributed by atoms with Crippen LogP contribution in [0, 0.1) is 20.8 Å². The van der Waals surface area contributed by atoms with Crippen molar-refractivity contribution in [2.24, 2.45) is 0 Å². The fraction of sp³-hybridized carbons (Fsp3) is 0.550. The zero-order chi connectivity index (χ0) is 17.3. The van der Waals surface area contributed by atoms with E-state index in [1.807, 2.05) is 27.0 Å². The van der Waals surface area contributed by atoms with Crippen molar-refractivity contribution in [2.45, 2.75) is 52.6 Å². The highest BCUT2D eigenvalue weighted by molar-refractivity contribution is 5.99. The molecule has 1 aromatic carbocycles. The summed E-state index contributed by atoms with van der Waals surface area (Å²) >= 11 is 0. The van der Waals surface area contributed by atoms with Crippen molar-refractivity contribution in [1.29, 1.82) is 0 Å². The highest BCUT2D eigenvalue weighted by Gasteiger charge is 2.23. The molecule has 0 unspecified atom stereocenters. The van der Waals surface area contributed by atoms with Gasteiger partial charge in [0.25, 0.3) is 5.91 Å². The normalized spacial score (nSPS) is 18.1. The summed E-state index contributed by atoms with van der Waals surface area (Å²) in [5.41, 5.74) is 4.05. The van der Waals surface area contributed by atoms with Gasteiger partial charge >= 0.3 is 0 Å². The van der Waals surface area contributed by atoms with Gasteiger partial charge in [-0.15, -0.1) is 0 Å². The van der Waals surface area contributed by atoms with Gasteiger partial charge < -0.3 is 14.1 Å². The van der Waals surface area contributed by atoms with Crippen LogP contribution in [0.15, 0.2) is 16.5 Å². The van der Waals surface area contributed by atoms with Crippen molar-refractivity contribution in [2.75, 3.05) is 20.2 Å². The van der Waals surface area contributed by atoms with Crippen LogP contribution in [0.3, 0.4) is 0 Å². The molecule has 1 aliphatic rings. The van der Waals surface area contributed by atoms with E-state index < -0.39 is 0 Å². The Morgan fingerprint density at radius 2 is 2.00 bits per heavy atom. The van der Waals surface area contributed by atoms with Gasteiger partial charge in [0.15, 0.2) is 5.76 Å². The summed E-state index contributed by atoms with van der Waals surface area (Å²) in [5.74, 6) is 0.419. The van der Waals surface area contributed by atoms with Crippen LogP contribution >= 0.6 is 0 Å². The smallest absolute Gasteiger partial charge is 0.289 e. The second-order valence-electron chi connectivity index (χ2n) is 6.94. The van der Waals surface area contributed by atoms with Crippen LogP contribution in [0.2, 0.25) is 0 Å². The molecule has 1 saturated heterocycles. The first-order valence-corrected chi connectivity index (χ1v) is 8.85. The predicted octanol–water partition coefficient (Wildman–Crippen LogP) is 4.39. The van der Waals surface area contributed by atoms with Gasteiger partial charge in [-0.3, -0.25) is 4.79 Å². The minimum atomic E-state index is -0.0448. The third-order valence-electron chi connectivity index (χ3n) is 5.23. The van der Waals surface area contributed by atoms with E-state index in [0.29, 0.717) is 12.3 Å². The maximum Gasteiger partial charge on any atom is 0.289 e. The second-order valence-corrected chi connectivity index (χ2v) is 6.94. The van der Waals surface area contributed by atoms with E-state index in [4.69, 9.17) is 9.15 Å². The van der Waals surface area contributed by atoms with E-state index in [9.17, 15) is 4.79 Å². The van der Waals surface area contributed by atoms with Crippen molar-refractivity contribution in [3.8, 4) is 0 Å². The molecule has 2 aromatic rings. The maximum atomic E-state index is 12.8. The molecular formula is C20H27NO3. The van der Waals surface area contributed by atoms with Gasteiger partial charge in [0, 0.05) is 31.1 Å². The van der Waals surface area contributed by atoms with Crippen LogP contribution < -0.4 is 0 Å². The molecule has 24 heavy (non-hydrogen) atoms. The number of furan rings is 1. The summed E-state index contributed by atoms with van der Waals surface area (Å²) in [4.78, 5) is 14.6. The third kappa shape index (κ3) is 3.20. The number of rotatable bonds is 4. The third-order valence-corrected chi connectivity index (χ3v) is 5.23. The number of amides is 1. The number of hydrogen-bond acceptors (Lipinski definition) is 3. The standard InChI is InChI=1S/C20H27NO3/c1-13-8-9-17-15(3)19(24-18(17)14(13)2)20(22)21(4)11-10-16-7-5-6-12-23-16/h8-9,16H,5-7,10-12H2,1-4H3/t16-/m0/s1. The lowest BCUT2D eigenvalue weighted by Crippen LogP contribution is -2.31. The van der Waals surface area contributed by atoms with Gasteiger partial charge in [0.05, 0.1) is 6.10 Å². The molecule has 0 N–H and O–H groups in total. The van der Waals surface area contributed by atoms with Gasteiger partial charge in [-0.25, -0.2) is 0 Å². The predicted molar refractivity (Wildman–Crippen MR) is 95.6 cm³/mol. The van der Waals surface area contributed by atoms with E-state index in [0.717, 1.165) is 48.0 Å². The fourth-order valence-corrected chi connectivity index (χ4v) is 3.37. The van der Waals surface area contributed by atoms with Crippen LogP contribution in [0.4, 0.5) is 0 Å². The molecule has 4 nitrogen and oxygen atoms in total. The topological polar surface area (TPSA) is 42.7 Å². The van der Waals surface area contributed by atoms with Gasteiger partial charge in [-0.2, -0.15) is 0 Å².